The van der Waals surface area contributed by atoms with E-state index in [1.165, 1.54) is 43.9 Å². The van der Waals surface area contributed by atoms with Crippen LogP contribution in [-0.2, 0) is 12.8 Å². The zero-order valence-corrected chi connectivity index (χ0v) is 20.6. The highest BCUT2D eigenvalue weighted by Gasteiger charge is 2.24. The summed E-state index contributed by atoms with van der Waals surface area (Å²) in [6, 6.07) is 4.62. The lowest BCUT2D eigenvalue weighted by Crippen LogP contribution is -1.91. The fourth-order valence-corrected chi connectivity index (χ4v) is 7.43. The molecule has 0 spiro atoms. The summed E-state index contributed by atoms with van der Waals surface area (Å²) in [6.45, 7) is 9.03. The van der Waals surface area contributed by atoms with E-state index in [0.717, 1.165) is 44.4 Å². The van der Waals surface area contributed by atoms with Gasteiger partial charge in [-0.25, -0.2) is 0 Å². The second kappa shape index (κ2) is 8.07. The molecule has 0 amide bonds. The maximum absolute atomic E-state index is 4.57. The van der Waals surface area contributed by atoms with Crippen LogP contribution >= 0.6 is 45.7 Å². The van der Waals surface area contributed by atoms with Gasteiger partial charge in [0.2, 0.25) is 0 Å². The smallest absolute Gasteiger partial charge is 0.116 e. The molecule has 0 unspecified atom stereocenters. The van der Waals surface area contributed by atoms with Crippen LogP contribution in [0.2, 0.25) is 0 Å². The molecule has 4 aromatic heterocycles. The number of thiophene rings is 2. The van der Waals surface area contributed by atoms with E-state index < -0.39 is 0 Å². The minimum absolute atomic E-state index is 0.639. The van der Waals surface area contributed by atoms with Crippen LogP contribution in [0.15, 0.2) is 22.9 Å². The second-order valence-electron chi connectivity index (χ2n) is 8.49. The van der Waals surface area contributed by atoms with Gasteiger partial charge >= 0.3 is 0 Å². The Morgan fingerprint density at radius 1 is 0.700 bits per heavy atom. The van der Waals surface area contributed by atoms with Crippen LogP contribution in [0.25, 0.3) is 41.3 Å². The van der Waals surface area contributed by atoms with Crippen molar-refractivity contribution in [1.82, 2.24) is 19.2 Å². The van der Waals surface area contributed by atoms with Gasteiger partial charge in [0, 0.05) is 20.9 Å². The van der Waals surface area contributed by atoms with Crippen LogP contribution in [0.1, 0.15) is 38.8 Å². The first-order valence-electron chi connectivity index (χ1n) is 10.1. The van der Waals surface area contributed by atoms with Crippen molar-refractivity contribution in [1.29, 1.82) is 0 Å². The lowest BCUT2D eigenvalue weighted by molar-refractivity contribution is 0.648. The minimum atomic E-state index is 0.639. The Kier molecular flexibility index (Phi) is 5.43. The third-order valence-corrected chi connectivity index (χ3v) is 8.47. The molecule has 4 heterocycles. The first-order valence-corrected chi connectivity index (χ1v) is 13.4. The average molecular weight is 471 g/mol. The number of rotatable bonds is 6. The van der Waals surface area contributed by atoms with Gasteiger partial charge in [0.15, 0.2) is 0 Å². The Morgan fingerprint density at radius 2 is 1.13 bits per heavy atom. The van der Waals surface area contributed by atoms with E-state index >= 15 is 0 Å². The SMILES string of the molecule is CC(C)Cc1csc(-c2c3nnsc3c(-c3cc(CC(C)C)cs3)c3nnsc23)c1. The van der Waals surface area contributed by atoms with Crippen LogP contribution in [0.4, 0.5) is 0 Å². The third-order valence-electron chi connectivity index (χ3n) is 4.99. The van der Waals surface area contributed by atoms with Gasteiger partial charge in [0.1, 0.15) is 11.0 Å². The van der Waals surface area contributed by atoms with Crippen LogP contribution in [-0.4, -0.2) is 19.2 Å². The maximum atomic E-state index is 4.57. The quantitative estimate of drug-likeness (QED) is 0.257. The van der Waals surface area contributed by atoms with Gasteiger partial charge in [-0.1, -0.05) is 36.7 Å². The van der Waals surface area contributed by atoms with E-state index in [1.54, 1.807) is 22.7 Å². The van der Waals surface area contributed by atoms with E-state index in [-0.39, 0.29) is 0 Å². The largest absolute Gasteiger partial charge is 0.143 e. The Hall–Kier alpha value is -1.74. The number of aromatic nitrogens is 4. The number of nitrogens with zero attached hydrogens (tertiary/aromatic N) is 4. The van der Waals surface area contributed by atoms with Crippen LogP contribution in [0.3, 0.4) is 0 Å². The number of benzene rings is 1. The van der Waals surface area contributed by atoms with Gasteiger partial charge in [-0.15, -0.1) is 32.9 Å². The van der Waals surface area contributed by atoms with Gasteiger partial charge in [0.05, 0.1) is 9.40 Å². The molecular formula is C22H22N4S4. The summed E-state index contributed by atoms with van der Waals surface area (Å²) < 4.78 is 10.9. The van der Waals surface area contributed by atoms with E-state index in [2.05, 4.69) is 69.8 Å². The molecule has 0 aliphatic carbocycles. The summed E-state index contributed by atoms with van der Waals surface area (Å²) in [5.74, 6) is 1.28. The molecule has 0 N–H and O–H groups in total. The summed E-state index contributed by atoms with van der Waals surface area (Å²) in [6.07, 6.45) is 2.18. The second-order valence-corrected chi connectivity index (χ2v) is 11.8. The molecule has 5 rings (SSSR count). The Morgan fingerprint density at radius 3 is 1.53 bits per heavy atom. The highest BCUT2D eigenvalue weighted by molar-refractivity contribution is 7.19. The fraction of sp³-hybridized carbons (Fsp3) is 0.364. The predicted molar refractivity (Wildman–Crippen MR) is 132 cm³/mol. The lowest BCUT2D eigenvalue weighted by atomic mass is 10.0. The number of hydrogen-bond acceptors (Lipinski definition) is 8. The van der Waals surface area contributed by atoms with Crippen molar-refractivity contribution >= 4 is 66.2 Å². The van der Waals surface area contributed by atoms with Gasteiger partial charge in [-0.3, -0.25) is 0 Å². The van der Waals surface area contributed by atoms with E-state index in [9.17, 15) is 0 Å². The topological polar surface area (TPSA) is 51.6 Å². The van der Waals surface area contributed by atoms with Crippen molar-refractivity contribution in [3.63, 3.8) is 0 Å². The van der Waals surface area contributed by atoms with Crippen LogP contribution < -0.4 is 0 Å². The van der Waals surface area contributed by atoms with Crippen molar-refractivity contribution < 1.29 is 0 Å². The minimum Gasteiger partial charge on any atom is -0.143 e. The highest BCUT2D eigenvalue weighted by atomic mass is 32.1. The summed E-state index contributed by atoms with van der Waals surface area (Å²) >= 11 is 6.50. The third kappa shape index (κ3) is 3.60. The van der Waals surface area contributed by atoms with Crippen molar-refractivity contribution in [2.24, 2.45) is 11.8 Å². The molecule has 0 saturated heterocycles. The number of fused-ring (bicyclic) bond motifs is 2. The highest BCUT2D eigenvalue weighted by Crippen LogP contribution is 2.47. The first kappa shape index (κ1) is 20.2. The van der Waals surface area contributed by atoms with Gasteiger partial charge < -0.3 is 0 Å². The molecule has 0 fully saturated rings. The van der Waals surface area contributed by atoms with Crippen molar-refractivity contribution in [2.45, 2.75) is 40.5 Å². The standard InChI is InChI=1S/C22H22N4S4/c1-11(2)5-13-7-15(27-9-13)17-19-22(30-25-23-19)18(20-21(17)29-26-24-20)16-8-14(10-28-16)6-12(3)4/h7-12H,5-6H2,1-4H3. The molecule has 1 aromatic carbocycles. The molecule has 0 atom stereocenters. The molecule has 0 aliphatic rings. The molecule has 5 aromatic rings. The molecule has 0 radical (unpaired) electrons. The number of hydrogen-bond donors (Lipinski definition) is 0. The molecule has 154 valence electrons. The normalized spacial score (nSPS) is 12.2. The molecule has 0 bridgehead atoms. The van der Waals surface area contributed by atoms with Crippen molar-refractivity contribution in [2.75, 3.05) is 0 Å². The first-order chi connectivity index (χ1) is 14.5. The average Bonchev–Trinajstić information content (AvgIpc) is 3.46. The summed E-state index contributed by atoms with van der Waals surface area (Å²) in [7, 11) is 0. The molecule has 8 heteroatoms. The fourth-order valence-electron chi connectivity index (χ4n) is 3.88. The Labute approximate surface area is 191 Å². The lowest BCUT2D eigenvalue weighted by Gasteiger charge is -2.06. The Bertz CT molecular complexity index is 1170. The zero-order chi connectivity index (χ0) is 20.8. The van der Waals surface area contributed by atoms with Crippen molar-refractivity contribution in [3.05, 3.63) is 34.0 Å². The molecule has 4 nitrogen and oxygen atoms in total. The molecule has 30 heavy (non-hydrogen) atoms. The maximum Gasteiger partial charge on any atom is 0.116 e. The monoisotopic (exact) mass is 470 g/mol. The molecule has 0 saturated carbocycles. The van der Waals surface area contributed by atoms with E-state index in [4.69, 9.17) is 0 Å². The van der Waals surface area contributed by atoms with E-state index in [1.807, 2.05) is 0 Å². The van der Waals surface area contributed by atoms with Gasteiger partial charge in [-0.2, -0.15) is 0 Å². The summed E-state index contributed by atoms with van der Waals surface area (Å²) in [5, 5.41) is 13.7. The molecular weight excluding hydrogens is 449 g/mol. The van der Waals surface area contributed by atoms with Gasteiger partial charge in [0.25, 0.3) is 0 Å². The summed E-state index contributed by atoms with van der Waals surface area (Å²) in [4.78, 5) is 2.47. The van der Waals surface area contributed by atoms with E-state index in [0.29, 0.717) is 11.8 Å². The van der Waals surface area contributed by atoms with Gasteiger partial charge in [-0.05, 0) is 81.8 Å². The zero-order valence-electron chi connectivity index (χ0n) is 17.3. The van der Waals surface area contributed by atoms with Crippen LogP contribution in [0, 0.1) is 11.8 Å². The van der Waals surface area contributed by atoms with Crippen molar-refractivity contribution in [3.8, 4) is 20.9 Å². The van der Waals surface area contributed by atoms with Crippen LogP contribution in [0.5, 0.6) is 0 Å². The molecule has 0 aliphatic heterocycles. The summed E-state index contributed by atoms with van der Waals surface area (Å²) in [5.41, 5.74) is 7.01. The predicted octanol–water partition coefficient (Wildman–Crippen LogP) is 7.55. The Balaban J connectivity index is 1.71.